The number of rotatable bonds is 3. The number of alkyl halides is 3. The molecule has 0 bridgehead atoms. The second-order valence-corrected chi connectivity index (χ2v) is 9.80. The molecule has 31 heavy (non-hydrogen) atoms. The molecule has 9 heteroatoms. The minimum absolute atomic E-state index is 0.00225. The van der Waals surface area contributed by atoms with Gasteiger partial charge in [-0.2, -0.15) is 13.2 Å². The quantitative estimate of drug-likeness (QED) is 0.524. The fourth-order valence-electron chi connectivity index (χ4n) is 3.56. The fourth-order valence-corrected chi connectivity index (χ4v) is 5.50. The molecule has 0 fully saturated rings. The number of ether oxygens (including phenoxy) is 1. The van der Waals surface area contributed by atoms with Crippen LogP contribution in [0.3, 0.4) is 0 Å². The molecule has 0 spiro atoms. The first kappa shape index (κ1) is 21.7. The molecule has 1 heterocycles. The maximum absolute atomic E-state index is 13.3. The van der Waals surface area contributed by atoms with Crippen molar-refractivity contribution >= 4 is 30.3 Å². The molecule has 1 aliphatic rings. The average molecular weight is 465 g/mol. The predicted octanol–water partition coefficient (Wildman–Crippen LogP) is 4.77. The van der Waals surface area contributed by atoms with Gasteiger partial charge in [0.05, 0.1) is 22.7 Å². The normalized spacial score (nSPS) is 14.2. The fraction of sp³-hybridized carbons (Fsp3) is 0.182. The Balaban J connectivity index is 1.80. The van der Waals surface area contributed by atoms with Crippen LogP contribution in [0.2, 0.25) is 0 Å². The molecule has 0 saturated carbocycles. The van der Waals surface area contributed by atoms with Gasteiger partial charge < -0.3 is 4.74 Å². The Bertz CT molecular complexity index is 1240. The Morgan fingerprint density at radius 1 is 1.00 bits per heavy atom. The van der Waals surface area contributed by atoms with Crippen molar-refractivity contribution < 1.29 is 26.3 Å². The average Bonchev–Trinajstić information content (AvgIpc) is 2.71. The Kier molecular flexibility index (Phi) is 5.48. The maximum Gasteiger partial charge on any atom is 0.416 e. The van der Waals surface area contributed by atoms with Gasteiger partial charge in [0.25, 0.3) is 10.0 Å². The number of nitrogens with zero attached hydrogens (tertiary/aromatic N) is 1. The van der Waals surface area contributed by atoms with E-state index in [-0.39, 0.29) is 13.2 Å². The SMILES string of the molecule is Cc1cc(P)cc(-c2ccc3c(c2)N(S(=O)(=O)c2cccc(C(F)(F)F)c2)CCO3)c1. The summed E-state index contributed by atoms with van der Waals surface area (Å²) in [5.41, 5.74) is 2.01. The highest BCUT2D eigenvalue weighted by atomic mass is 32.2. The van der Waals surface area contributed by atoms with Crippen molar-refractivity contribution in [2.45, 2.75) is 18.0 Å². The third-order valence-electron chi connectivity index (χ3n) is 4.96. The lowest BCUT2D eigenvalue weighted by atomic mass is 10.0. The Labute approximate surface area is 180 Å². The molecular formula is C22H19F3NO3PS. The van der Waals surface area contributed by atoms with Crippen LogP contribution < -0.4 is 14.3 Å². The van der Waals surface area contributed by atoms with E-state index in [0.29, 0.717) is 17.5 Å². The van der Waals surface area contributed by atoms with Gasteiger partial charge in [-0.1, -0.05) is 24.3 Å². The van der Waals surface area contributed by atoms with Gasteiger partial charge in [0.1, 0.15) is 12.4 Å². The van der Waals surface area contributed by atoms with Crippen LogP contribution in [0, 0.1) is 6.92 Å². The van der Waals surface area contributed by atoms with Crippen LogP contribution in [0.4, 0.5) is 18.9 Å². The zero-order valence-electron chi connectivity index (χ0n) is 16.5. The Hall–Kier alpha value is -2.57. The van der Waals surface area contributed by atoms with Crippen LogP contribution in [0.15, 0.2) is 65.6 Å². The van der Waals surface area contributed by atoms with Gasteiger partial charge in [0, 0.05) is 0 Å². The molecule has 0 amide bonds. The summed E-state index contributed by atoms with van der Waals surface area (Å²) in [6.07, 6.45) is -4.64. The highest BCUT2D eigenvalue weighted by Gasteiger charge is 2.34. The van der Waals surface area contributed by atoms with Crippen LogP contribution in [-0.2, 0) is 16.2 Å². The number of aryl methyl sites for hydroxylation is 1. The first-order chi connectivity index (χ1) is 14.6. The summed E-state index contributed by atoms with van der Waals surface area (Å²) in [6.45, 7) is 2.06. The van der Waals surface area contributed by atoms with Crippen LogP contribution in [-0.4, -0.2) is 21.6 Å². The minimum Gasteiger partial charge on any atom is -0.489 e. The van der Waals surface area contributed by atoms with E-state index in [1.807, 2.05) is 31.2 Å². The van der Waals surface area contributed by atoms with Crippen molar-refractivity contribution in [1.82, 2.24) is 0 Å². The van der Waals surface area contributed by atoms with E-state index in [1.54, 1.807) is 12.1 Å². The lowest BCUT2D eigenvalue weighted by Crippen LogP contribution is -2.38. The number of sulfonamides is 1. The van der Waals surface area contributed by atoms with E-state index < -0.39 is 26.7 Å². The van der Waals surface area contributed by atoms with Gasteiger partial charge in [0.2, 0.25) is 0 Å². The number of halogens is 3. The summed E-state index contributed by atoms with van der Waals surface area (Å²) in [6, 6.07) is 14.9. The lowest BCUT2D eigenvalue weighted by Gasteiger charge is -2.31. The molecule has 0 saturated heterocycles. The zero-order chi connectivity index (χ0) is 22.4. The van der Waals surface area contributed by atoms with E-state index in [2.05, 4.69) is 9.24 Å². The largest absolute Gasteiger partial charge is 0.489 e. The van der Waals surface area contributed by atoms with Crippen molar-refractivity contribution in [2.24, 2.45) is 0 Å². The summed E-state index contributed by atoms with van der Waals surface area (Å²) in [4.78, 5) is -0.414. The van der Waals surface area contributed by atoms with Crippen molar-refractivity contribution in [3.05, 3.63) is 71.8 Å². The summed E-state index contributed by atoms with van der Waals surface area (Å²) < 4.78 is 72.6. The second-order valence-electron chi connectivity index (χ2n) is 7.27. The number of benzene rings is 3. The van der Waals surface area contributed by atoms with Gasteiger partial charge >= 0.3 is 6.18 Å². The van der Waals surface area contributed by atoms with E-state index in [0.717, 1.165) is 38.4 Å². The maximum atomic E-state index is 13.3. The van der Waals surface area contributed by atoms with Crippen LogP contribution in [0.1, 0.15) is 11.1 Å². The van der Waals surface area contributed by atoms with Crippen LogP contribution >= 0.6 is 9.24 Å². The first-order valence-corrected chi connectivity index (χ1v) is 11.4. The molecule has 4 rings (SSSR count). The van der Waals surface area contributed by atoms with Crippen molar-refractivity contribution in [3.63, 3.8) is 0 Å². The minimum atomic E-state index is -4.64. The van der Waals surface area contributed by atoms with Crippen molar-refractivity contribution in [3.8, 4) is 16.9 Å². The topological polar surface area (TPSA) is 46.6 Å². The van der Waals surface area contributed by atoms with E-state index in [9.17, 15) is 21.6 Å². The molecule has 1 unspecified atom stereocenters. The summed E-state index contributed by atoms with van der Waals surface area (Å²) in [5, 5.41) is 0.984. The molecule has 0 aromatic heterocycles. The van der Waals surface area contributed by atoms with E-state index in [1.165, 1.54) is 6.07 Å². The van der Waals surface area contributed by atoms with Gasteiger partial charge in [-0.3, -0.25) is 4.31 Å². The third-order valence-corrected chi connectivity index (χ3v) is 7.10. The monoisotopic (exact) mass is 465 g/mol. The van der Waals surface area contributed by atoms with Gasteiger partial charge in [-0.25, -0.2) is 8.42 Å². The second kappa shape index (κ2) is 7.84. The smallest absolute Gasteiger partial charge is 0.416 e. The van der Waals surface area contributed by atoms with Crippen LogP contribution in [0.25, 0.3) is 11.1 Å². The molecule has 162 valence electrons. The standard InChI is InChI=1S/C22H19F3NO3PS/c1-14-9-16(11-18(30)10-14)15-5-6-21-20(12-15)26(7-8-29-21)31(27,28)19-4-2-3-17(13-19)22(23,24)25/h2-6,9-13H,7-8,30H2,1H3. The predicted molar refractivity (Wildman–Crippen MR) is 117 cm³/mol. The molecule has 0 aliphatic carbocycles. The van der Waals surface area contributed by atoms with E-state index in [4.69, 9.17) is 4.74 Å². The molecule has 3 aromatic rings. The highest BCUT2D eigenvalue weighted by Crippen LogP contribution is 2.39. The number of hydrogen-bond acceptors (Lipinski definition) is 3. The van der Waals surface area contributed by atoms with Crippen LogP contribution in [0.5, 0.6) is 5.75 Å². The van der Waals surface area contributed by atoms with Gasteiger partial charge in [-0.15, -0.1) is 9.24 Å². The zero-order valence-corrected chi connectivity index (χ0v) is 18.5. The third kappa shape index (κ3) is 4.27. The summed E-state index contributed by atoms with van der Waals surface area (Å²) >= 11 is 0. The Morgan fingerprint density at radius 3 is 2.48 bits per heavy atom. The summed E-state index contributed by atoms with van der Waals surface area (Å²) in [7, 11) is -1.59. The van der Waals surface area contributed by atoms with Crippen molar-refractivity contribution in [1.29, 1.82) is 0 Å². The molecule has 0 radical (unpaired) electrons. The summed E-state index contributed by atoms with van der Waals surface area (Å²) in [5.74, 6) is 0.365. The highest BCUT2D eigenvalue weighted by molar-refractivity contribution is 7.92. The van der Waals surface area contributed by atoms with Gasteiger partial charge in [-0.05, 0) is 65.3 Å². The molecule has 0 N–H and O–H groups in total. The number of hydrogen-bond donors (Lipinski definition) is 0. The molecular weight excluding hydrogens is 446 g/mol. The number of anilines is 1. The molecule has 1 atom stereocenters. The van der Waals surface area contributed by atoms with Crippen molar-refractivity contribution in [2.75, 3.05) is 17.5 Å². The molecule has 4 nitrogen and oxygen atoms in total. The first-order valence-electron chi connectivity index (χ1n) is 9.40. The molecule has 1 aliphatic heterocycles. The van der Waals surface area contributed by atoms with Gasteiger partial charge in [0.15, 0.2) is 0 Å². The lowest BCUT2D eigenvalue weighted by molar-refractivity contribution is -0.137. The van der Waals surface area contributed by atoms with E-state index >= 15 is 0 Å². The molecule has 3 aromatic carbocycles. The Morgan fingerprint density at radius 2 is 1.77 bits per heavy atom. The number of fused-ring (bicyclic) bond motifs is 1.